The van der Waals surface area contributed by atoms with E-state index in [1.165, 1.54) is 45.4 Å². The van der Waals surface area contributed by atoms with E-state index in [2.05, 4.69) is 64.6 Å². The summed E-state index contributed by atoms with van der Waals surface area (Å²) in [4.78, 5) is 0. The summed E-state index contributed by atoms with van der Waals surface area (Å²) in [6, 6.07) is 36.1. The quantitative estimate of drug-likeness (QED) is 0.0702. The third kappa shape index (κ3) is 13.1. The van der Waals surface area contributed by atoms with Crippen molar-refractivity contribution in [1.82, 2.24) is 0 Å². The zero-order valence-corrected chi connectivity index (χ0v) is 30.0. The highest BCUT2D eigenvalue weighted by molar-refractivity contribution is 5.65. The molecule has 4 aromatic carbocycles. The van der Waals surface area contributed by atoms with Crippen LogP contribution in [0.5, 0.6) is 11.5 Å². The summed E-state index contributed by atoms with van der Waals surface area (Å²) in [5.74, 6) is 1.81. The molecule has 6 heteroatoms. The summed E-state index contributed by atoms with van der Waals surface area (Å²) in [5.41, 5.74) is 5.81. The van der Waals surface area contributed by atoms with E-state index in [9.17, 15) is 0 Å². The Hall–Kier alpha value is -4.62. The van der Waals surface area contributed by atoms with Gasteiger partial charge < -0.3 is 18.4 Å². The third-order valence-electron chi connectivity index (χ3n) is 9.28. The van der Waals surface area contributed by atoms with Crippen molar-refractivity contribution in [2.45, 2.75) is 44.9 Å². The SMILES string of the molecule is C[N+](C)(CCCCC[N+](C)(C)CCCCOc1ccc(-c2ccc(C#N)cc2)cc1)CCCCOc1ccc(-c2ccc(C#N)cc2)cc1. The Bertz CT molecular complexity index is 1500. The van der Waals surface area contributed by atoms with Crippen LogP contribution in [0.4, 0.5) is 0 Å². The van der Waals surface area contributed by atoms with Gasteiger partial charge in [0.25, 0.3) is 0 Å². The second-order valence-corrected chi connectivity index (χ2v) is 14.4. The van der Waals surface area contributed by atoms with E-state index in [0.717, 1.165) is 81.6 Å². The number of unbranched alkanes of at least 4 members (excludes halogenated alkanes) is 4. The first kappa shape index (κ1) is 37.2. The molecule has 6 nitrogen and oxygen atoms in total. The molecule has 0 spiro atoms. The monoisotopic (exact) mass is 658 g/mol. The molecule has 0 aliphatic carbocycles. The number of hydrogen-bond donors (Lipinski definition) is 0. The molecule has 0 atom stereocenters. The maximum absolute atomic E-state index is 8.99. The summed E-state index contributed by atoms with van der Waals surface area (Å²) >= 11 is 0. The lowest BCUT2D eigenvalue weighted by Gasteiger charge is -2.31. The van der Waals surface area contributed by atoms with Crippen molar-refractivity contribution < 1.29 is 18.4 Å². The summed E-state index contributed by atoms with van der Waals surface area (Å²) in [6.07, 6.45) is 8.26. The van der Waals surface area contributed by atoms with E-state index in [1.807, 2.05) is 72.8 Å². The third-order valence-corrected chi connectivity index (χ3v) is 9.28. The lowest BCUT2D eigenvalue weighted by molar-refractivity contribution is -0.892. The first-order valence-corrected chi connectivity index (χ1v) is 17.8. The fourth-order valence-electron chi connectivity index (χ4n) is 6.11. The Labute approximate surface area is 294 Å². The van der Waals surface area contributed by atoms with Crippen molar-refractivity contribution in [3.05, 3.63) is 108 Å². The van der Waals surface area contributed by atoms with E-state index in [1.54, 1.807) is 0 Å². The first-order chi connectivity index (χ1) is 23.7. The topological polar surface area (TPSA) is 66.0 Å². The van der Waals surface area contributed by atoms with Gasteiger partial charge in [-0.05, 0) is 116 Å². The highest BCUT2D eigenvalue weighted by Gasteiger charge is 2.17. The summed E-state index contributed by atoms with van der Waals surface area (Å²) < 4.78 is 14.2. The van der Waals surface area contributed by atoms with Crippen LogP contribution >= 0.6 is 0 Å². The Kier molecular flexibility index (Phi) is 14.3. The molecule has 0 aliphatic heterocycles. The molecule has 0 radical (unpaired) electrons. The van der Waals surface area contributed by atoms with Crippen LogP contribution in [-0.4, -0.2) is 76.5 Å². The van der Waals surface area contributed by atoms with Crippen molar-refractivity contribution in [3.8, 4) is 45.9 Å². The molecule has 0 amide bonds. The molecule has 0 aromatic heterocycles. The van der Waals surface area contributed by atoms with E-state index >= 15 is 0 Å². The van der Waals surface area contributed by atoms with E-state index in [0.29, 0.717) is 11.1 Å². The lowest BCUT2D eigenvalue weighted by atomic mass is 10.0. The van der Waals surface area contributed by atoms with E-state index in [-0.39, 0.29) is 0 Å². The normalized spacial score (nSPS) is 11.5. The smallest absolute Gasteiger partial charge is 0.119 e. The Balaban J connectivity index is 1.01. The van der Waals surface area contributed by atoms with Crippen LogP contribution in [0.3, 0.4) is 0 Å². The maximum Gasteiger partial charge on any atom is 0.119 e. The number of benzene rings is 4. The van der Waals surface area contributed by atoms with Gasteiger partial charge in [-0.3, -0.25) is 0 Å². The molecule has 4 aromatic rings. The molecule has 4 rings (SSSR count). The number of ether oxygens (including phenoxy) is 2. The van der Waals surface area contributed by atoms with Gasteiger partial charge in [-0.25, -0.2) is 0 Å². The van der Waals surface area contributed by atoms with Gasteiger partial charge in [-0.2, -0.15) is 10.5 Å². The molecule has 49 heavy (non-hydrogen) atoms. The molecular formula is C43H54N4O2+2. The number of nitrogens with zero attached hydrogens (tertiary/aromatic N) is 4. The molecular weight excluding hydrogens is 604 g/mol. The van der Waals surface area contributed by atoms with Crippen molar-refractivity contribution >= 4 is 0 Å². The Morgan fingerprint density at radius 2 is 0.694 bits per heavy atom. The predicted molar refractivity (Wildman–Crippen MR) is 200 cm³/mol. The molecule has 0 heterocycles. The van der Waals surface area contributed by atoms with Gasteiger partial charge in [0.1, 0.15) is 11.5 Å². The van der Waals surface area contributed by atoms with Crippen LogP contribution in [0.25, 0.3) is 22.3 Å². The molecule has 0 saturated heterocycles. The van der Waals surface area contributed by atoms with Crippen LogP contribution < -0.4 is 9.47 Å². The standard InChI is InChI=1S/C43H54N4O2/c1-46(2,30-8-10-32-48-42-24-20-40(21-25-42)38-16-12-36(34-44)13-17-38)28-6-5-7-29-47(3,4)31-9-11-33-49-43-26-22-41(23-27-43)39-18-14-37(35-45)15-19-39/h12-27H,5-11,28-33H2,1-4H3/q+2. The second kappa shape index (κ2) is 18.8. The zero-order valence-electron chi connectivity index (χ0n) is 30.0. The number of rotatable bonds is 20. The highest BCUT2D eigenvalue weighted by Crippen LogP contribution is 2.24. The van der Waals surface area contributed by atoms with Gasteiger partial charge in [0.05, 0.1) is 90.8 Å². The van der Waals surface area contributed by atoms with Crippen molar-refractivity contribution in [2.75, 3.05) is 67.6 Å². The van der Waals surface area contributed by atoms with Gasteiger partial charge in [0.15, 0.2) is 0 Å². The zero-order chi connectivity index (χ0) is 35.0. The number of nitriles is 2. The predicted octanol–water partition coefficient (Wildman–Crippen LogP) is 9.11. The fraction of sp³-hybridized carbons (Fsp3) is 0.395. The van der Waals surface area contributed by atoms with Crippen LogP contribution in [0.1, 0.15) is 56.1 Å². The van der Waals surface area contributed by atoms with Gasteiger partial charge in [-0.15, -0.1) is 0 Å². The van der Waals surface area contributed by atoms with Gasteiger partial charge in [0.2, 0.25) is 0 Å². The van der Waals surface area contributed by atoms with E-state index < -0.39 is 0 Å². The van der Waals surface area contributed by atoms with Gasteiger partial charge in [-0.1, -0.05) is 48.5 Å². The maximum atomic E-state index is 8.99. The van der Waals surface area contributed by atoms with Crippen LogP contribution in [0.15, 0.2) is 97.1 Å². The fourth-order valence-corrected chi connectivity index (χ4v) is 6.11. The summed E-state index contributed by atoms with van der Waals surface area (Å²) in [7, 11) is 9.42. The molecule has 0 N–H and O–H groups in total. The molecule has 0 bridgehead atoms. The minimum Gasteiger partial charge on any atom is -0.494 e. The summed E-state index contributed by atoms with van der Waals surface area (Å²) in [6.45, 7) is 6.26. The average Bonchev–Trinajstić information content (AvgIpc) is 3.11. The van der Waals surface area contributed by atoms with E-state index in [4.69, 9.17) is 20.0 Å². The van der Waals surface area contributed by atoms with Crippen LogP contribution in [0.2, 0.25) is 0 Å². The van der Waals surface area contributed by atoms with Crippen molar-refractivity contribution in [2.24, 2.45) is 0 Å². The molecule has 0 saturated carbocycles. The molecule has 0 fully saturated rings. The number of hydrogen-bond acceptors (Lipinski definition) is 4. The van der Waals surface area contributed by atoms with Crippen molar-refractivity contribution in [3.63, 3.8) is 0 Å². The largest absolute Gasteiger partial charge is 0.494 e. The van der Waals surface area contributed by atoms with Crippen LogP contribution in [-0.2, 0) is 0 Å². The first-order valence-electron chi connectivity index (χ1n) is 17.8. The Morgan fingerprint density at radius 1 is 0.408 bits per heavy atom. The second-order valence-electron chi connectivity index (χ2n) is 14.4. The molecule has 0 aliphatic rings. The molecule has 256 valence electrons. The highest BCUT2D eigenvalue weighted by atomic mass is 16.5. The van der Waals surface area contributed by atoms with Gasteiger partial charge >= 0.3 is 0 Å². The average molecular weight is 659 g/mol. The number of quaternary nitrogens is 2. The molecule has 0 unspecified atom stereocenters. The van der Waals surface area contributed by atoms with Crippen molar-refractivity contribution in [1.29, 1.82) is 10.5 Å². The minimum atomic E-state index is 0.677. The minimum absolute atomic E-state index is 0.677. The summed E-state index contributed by atoms with van der Waals surface area (Å²) in [5, 5.41) is 18.0. The lowest BCUT2D eigenvalue weighted by Crippen LogP contribution is -2.42. The van der Waals surface area contributed by atoms with Crippen LogP contribution in [0, 0.1) is 22.7 Å². The Morgan fingerprint density at radius 3 is 1.00 bits per heavy atom. The van der Waals surface area contributed by atoms with Gasteiger partial charge in [0, 0.05) is 0 Å².